The fourth-order valence-electron chi connectivity index (χ4n) is 3.36. The van der Waals surface area contributed by atoms with Gasteiger partial charge >= 0.3 is 0 Å². The van der Waals surface area contributed by atoms with E-state index in [4.69, 9.17) is 37.9 Å². The number of aromatic nitrogens is 4. The van der Waals surface area contributed by atoms with E-state index in [2.05, 4.69) is 16.3 Å². The molecule has 0 atom stereocenters. The van der Waals surface area contributed by atoms with Crippen LogP contribution in [0.2, 0.25) is 10.0 Å². The zero-order valence-electron chi connectivity index (χ0n) is 17.3. The lowest BCUT2D eigenvalue weighted by Gasteiger charge is -2.12. The Morgan fingerprint density at radius 1 is 0.971 bits per heavy atom. The second-order valence-electron chi connectivity index (χ2n) is 7.10. The minimum absolute atomic E-state index is 0.210. The smallest absolute Gasteiger partial charge is 0.266 e. The van der Waals surface area contributed by atoms with Crippen molar-refractivity contribution in [1.82, 2.24) is 19.7 Å². The van der Waals surface area contributed by atoms with Crippen molar-refractivity contribution in [3.05, 3.63) is 98.6 Å². The molecule has 2 aromatic heterocycles. The van der Waals surface area contributed by atoms with Crippen molar-refractivity contribution in [2.24, 2.45) is 0 Å². The minimum Gasteiger partial charge on any atom is -0.420 e. The van der Waals surface area contributed by atoms with Crippen molar-refractivity contribution < 1.29 is 4.42 Å². The van der Waals surface area contributed by atoms with Crippen LogP contribution >= 0.6 is 35.0 Å². The number of benzene rings is 3. The first-order chi connectivity index (χ1) is 16.5. The molecule has 5 aromatic rings. The van der Waals surface area contributed by atoms with Crippen molar-refractivity contribution in [2.75, 3.05) is 0 Å². The van der Waals surface area contributed by atoms with Crippen LogP contribution < -0.4 is 5.56 Å². The Hall–Kier alpha value is -3.64. The highest BCUT2D eigenvalue weighted by Crippen LogP contribution is 2.34. The maximum atomic E-state index is 13.3. The molecule has 166 valence electrons. The summed E-state index contributed by atoms with van der Waals surface area (Å²) >= 11 is 13.8. The first-order valence-corrected chi connectivity index (χ1v) is 11.7. The Morgan fingerprint density at radius 3 is 2.44 bits per heavy atom. The van der Waals surface area contributed by atoms with Gasteiger partial charge in [-0.3, -0.25) is 9.36 Å². The van der Waals surface area contributed by atoms with Gasteiger partial charge in [0, 0.05) is 0 Å². The second kappa shape index (κ2) is 9.31. The van der Waals surface area contributed by atoms with Gasteiger partial charge in [0.2, 0.25) is 5.89 Å². The number of rotatable bonds is 5. The molecular weight excluding hydrogens is 493 g/mol. The molecule has 0 bridgehead atoms. The lowest BCUT2D eigenvalue weighted by Crippen LogP contribution is -2.21. The van der Waals surface area contributed by atoms with Gasteiger partial charge < -0.3 is 4.42 Å². The summed E-state index contributed by atoms with van der Waals surface area (Å²) in [5, 5.41) is 19.0. The summed E-state index contributed by atoms with van der Waals surface area (Å²) in [6.45, 7) is 0. The molecule has 7 nitrogen and oxygen atoms in total. The Kier molecular flexibility index (Phi) is 6.07. The van der Waals surface area contributed by atoms with Crippen LogP contribution in [-0.2, 0) is 5.75 Å². The Labute approximate surface area is 207 Å². The molecule has 10 heteroatoms. The third-order valence-electron chi connectivity index (χ3n) is 4.97. The van der Waals surface area contributed by atoms with Crippen LogP contribution in [0.3, 0.4) is 0 Å². The summed E-state index contributed by atoms with van der Waals surface area (Å²) in [6, 6.07) is 21.1. The van der Waals surface area contributed by atoms with Crippen LogP contribution in [-0.4, -0.2) is 19.7 Å². The summed E-state index contributed by atoms with van der Waals surface area (Å²) in [5.74, 6) is 0.794. The Bertz CT molecular complexity index is 1600. The number of fused-ring (bicyclic) bond motifs is 1. The highest BCUT2D eigenvalue weighted by molar-refractivity contribution is 7.98. The van der Waals surface area contributed by atoms with Crippen molar-refractivity contribution in [2.45, 2.75) is 10.9 Å². The SMILES string of the molecule is N#Cc1ccc(-n2c(SCc3nnc(-c4c(Cl)cccc4Cl)o3)nc3ccccc3c2=O)cc1. The summed E-state index contributed by atoms with van der Waals surface area (Å²) in [4.78, 5) is 18.0. The van der Waals surface area contributed by atoms with E-state index in [0.29, 0.717) is 48.8 Å². The molecule has 0 fully saturated rings. The van der Waals surface area contributed by atoms with Gasteiger partial charge in [-0.25, -0.2) is 4.98 Å². The molecule has 0 amide bonds. The summed E-state index contributed by atoms with van der Waals surface area (Å²) in [6.07, 6.45) is 0. The monoisotopic (exact) mass is 505 g/mol. The topological polar surface area (TPSA) is 97.6 Å². The van der Waals surface area contributed by atoms with Crippen LogP contribution in [0.15, 0.2) is 81.1 Å². The molecule has 0 aliphatic carbocycles. The summed E-state index contributed by atoms with van der Waals surface area (Å²) in [5.41, 5.74) is 1.92. The van der Waals surface area contributed by atoms with Crippen LogP contribution in [0.1, 0.15) is 11.5 Å². The van der Waals surface area contributed by atoms with Gasteiger partial charge in [-0.15, -0.1) is 10.2 Å². The number of thioether (sulfide) groups is 1. The zero-order chi connectivity index (χ0) is 23.7. The molecule has 0 unspecified atom stereocenters. The van der Waals surface area contributed by atoms with Crippen LogP contribution in [0.4, 0.5) is 0 Å². The van der Waals surface area contributed by atoms with Crippen molar-refractivity contribution in [3.8, 4) is 23.2 Å². The first kappa shape index (κ1) is 22.2. The minimum atomic E-state index is -0.216. The normalized spacial score (nSPS) is 11.0. The fourth-order valence-corrected chi connectivity index (χ4v) is 4.77. The average molecular weight is 506 g/mol. The Balaban J connectivity index is 1.52. The molecule has 0 radical (unpaired) electrons. The van der Waals surface area contributed by atoms with E-state index in [1.807, 2.05) is 6.07 Å². The zero-order valence-corrected chi connectivity index (χ0v) is 19.6. The summed E-state index contributed by atoms with van der Waals surface area (Å²) in [7, 11) is 0. The van der Waals surface area contributed by atoms with E-state index in [1.54, 1.807) is 60.7 Å². The maximum absolute atomic E-state index is 13.3. The van der Waals surface area contributed by atoms with Crippen LogP contribution in [0, 0.1) is 11.3 Å². The number of para-hydroxylation sites is 1. The maximum Gasteiger partial charge on any atom is 0.266 e. The fraction of sp³-hybridized carbons (Fsp3) is 0.0417. The predicted molar refractivity (Wildman–Crippen MR) is 131 cm³/mol. The molecule has 0 aliphatic rings. The van der Waals surface area contributed by atoms with Crippen LogP contribution in [0.5, 0.6) is 0 Å². The van der Waals surface area contributed by atoms with Gasteiger partial charge in [-0.1, -0.05) is 53.2 Å². The second-order valence-corrected chi connectivity index (χ2v) is 8.85. The van der Waals surface area contributed by atoms with E-state index in [-0.39, 0.29) is 17.2 Å². The molecule has 0 aliphatic heterocycles. The van der Waals surface area contributed by atoms with E-state index in [9.17, 15) is 4.79 Å². The van der Waals surface area contributed by atoms with Crippen molar-refractivity contribution in [3.63, 3.8) is 0 Å². The quantitative estimate of drug-likeness (QED) is 0.216. The van der Waals surface area contributed by atoms with Crippen LogP contribution in [0.25, 0.3) is 28.0 Å². The average Bonchev–Trinajstić information content (AvgIpc) is 3.31. The van der Waals surface area contributed by atoms with Gasteiger partial charge in [0.1, 0.15) is 0 Å². The number of hydrogen-bond donors (Lipinski definition) is 0. The Morgan fingerprint density at radius 2 is 1.71 bits per heavy atom. The highest BCUT2D eigenvalue weighted by Gasteiger charge is 2.18. The third-order valence-corrected chi connectivity index (χ3v) is 6.52. The molecular formula is C24H13Cl2N5O2S. The van der Waals surface area contributed by atoms with Gasteiger partial charge in [0.25, 0.3) is 11.4 Å². The van der Waals surface area contributed by atoms with Gasteiger partial charge in [0.15, 0.2) is 5.16 Å². The largest absolute Gasteiger partial charge is 0.420 e. The first-order valence-electron chi connectivity index (χ1n) is 9.97. The standard InChI is InChI=1S/C24H13Cl2N5O2S/c25-17-5-3-6-18(26)21(17)22-30-29-20(33-22)13-34-24-28-19-7-2-1-4-16(19)23(32)31(24)15-10-8-14(12-27)9-11-15/h1-11H,13H2. The highest BCUT2D eigenvalue weighted by atomic mass is 35.5. The molecule has 0 saturated heterocycles. The summed E-state index contributed by atoms with van der Waals surface area (Å²) < 4.78 is 7.29. The number of hydrogen-bond acceptors (Lipinski definition) is 7. The lowest BCUT2D eigenvalue weighted by molar-refractivity contribution is 0.528. The van der Waals surface area contributed by atoms with Gasteiger partial charge in [0.05, 0.1) is 49.6 Å². The molecule has 34 heavy (non-hydrogen) atoms. The molecule has 5 rings (SSSR count). The van der Waals surface area contributed by atoms with Gasteiger partial charge in [-0.2, -0.15) is 5.26 Å². The molecule has 0 saturated carbocycles. The molecule has 2 heterocycles. The molecule has 0 spiro atoms. The van der Waals surface area contributed by atoms with Crippen molar-refractivity contribution in [1.29, 1.82) is 5.26 Å². The molecule has 3 aromatic carbocycles. The number of halogens is 2. The van der Waals surface area contributed by atoms with E-state index < -0.39 is 0 Å². The van der Waals surface area contributed by atoms with E-state index in [1.165, 1.54) is 16.3 Å². The van der Waals surface area contributed by atoms with E-state index in [0.717, 1.165) is 0 Å². The predicted octanol–water partition coefficient (Wildman–Crippen LogP) is 5.91. The third kappa shape index (κ3) is 4.17. The van der Waals surface area contributed by atoms with Gasteiger partial charge in [-0.05, 0) is 48.5 Å². The lowest BCUT2D eigenvalue weighted by atomic mass is 10.2. The van der Waals surface area contributed by atoms with E-state index >= 15 is 0 Å². The van der Waals surface area contributed by atoms with Crippen molar-refractivity contribution >= 4 is 45.9 Å². The molecule has 0 N–H and O–H groups in total. The number of nitriles is 1. The number of nitrogens with zero attached hydrogens (tertiary/aromatic N) is 5.